The Labute approximate surface area is 369 Å². The molecule has 1 fully saturated rings. The SMILES string of the molecule is CC(C)=CCC/C(C)=C/CC/C(C)=C/CC/C(C)=C/COC[C@@H](COP(=O)(O)OC1[C@H](O)[C@H](O)C(O)[C@H](O)[C@H]1O)OC/C=C(\C)CC/C=C(\C)CC/C=C(\C)CCC=C(C)C. The molecule has 12 heteroatoms. The largest absolute Gasteiger partial charge is 0.472 e. The van der Waals surface area contributed by atoms with Crippen LogP contribution in [0.25, 0.3) is 0 Å². The van der Waals surface area contributed by atoms with Gasteiger partial charge in [-0.3, -0.25) is 9.05 Å². The number of ether oxygens (including phenoxy) is 2. The summed E-state index contributed by atoms with van der Waals surface area (Å²) >= 11 is 0. The van der Waals surface area contributed by atoms with Crippen molar-refractivity contribution < 1.29 is 53.5 Å². The van der Waals surface area contributed by atoms with Crippen molar-refractivity contribution in [3.63, 3.8) is 0 Å². The average Bonchev–Trinajstić information content (AvgIpc) is 3.18. The van der Waals surface area contributed by atoms with Crippen LogP contribution in [0.2, 0.25) is 0 Å². The molecule has 0 aromatic rings. The van der Waals surface area contributed by atoms with Crippen LogP contribution in [-0.4, -0.2) is 99.6 Å². The summed E-state index contributed by atoms with van der Waals surface area (Å²) < 4.78 is 35.0. The molecule has 0 heterocycles. The van der Waals surface area contributed by atoms with E-state index in [-0.39, 0.29) is 13.2 Å². The lowest BCUT2D eigenvalue weighted by atomic mass is 9.85. The van der Waals surface area contributed by atoms with Crippen molar-refractivity contribution >= 4 is 7.82 Å². The second kappa shape index (κ2) is 31.6. The lowest BCUT2D eigenvalue weighted by molar-refractivity contribution is -0.220. The molecule has 6 N–H and O–H groups in total. The number of phosphoric ester groups is 1. The number of aliphatic hydroxyl groups excluding tert-OH is 5. The monoisotopic (exact) mass is 879 g/mol. The van der Waals surface area contributed by atoms with E-state index in [9.17, 15) is 35.0 Å². The Kier molecular flexibility index (Phi) is 29.4. The molecule has 1 aliphatic carbocycles. The Hall–Kier alpha value is -2.25. The zero-order chi connectivity index (χ0) is 46.0. The molecule has 61 heavy (non-hydrogen) atoms. The number of aliphatic hydroxyl groups is 5. The highest BCUT2D eigenvalue weighted by Crippen LogP contribution is 2.47. The Morgan fingerprint density at radius 2 is 0.803 bits per heavy atom. The summed E-state index contributed by atoms with van der Waals surface area (Å²) in [6, 6.07) is 0. The predicted molar refractivity (Wildman–Crippen MR) is 248 cm³/mol. The van der Waals surface area contributed by atoms with Crippen molar-refractivity contribution in [2.75, 3.05) is 26.4 Å². The van der Waals surface area contributed by atoms with Gasteiger partial charge in [-0.15, -0.1) is 0 Å². The van der Waals surface area contributed by atoms with Gasteiger partial charge >= 0.3 is 7.82 Å². The fourth-order valence-electron chi connectivity index (χ4n) is 6.53. The van der Waals surface area contributed by atoms with Crippen molar-refractivity contribution in [3.8, 4) is 0 Å². The van der Waals surface area contributed by atoms with Crippen molar-refractivity contribution in [1.29, 1.82) is 0 Å². The molecule has 1 aliphatic rings. The topological polar surface area (TPSA) is 175 Å². The maximum absolute atomic E-state index is 12.9. The van der Waals surface area contributed by atoms with E-state index in [1.807, 2.05) is 19.1 Å². The van der Waals surface area contributed by atoms with E-state index >= 15 is 0 Å². The summed E-state index contributed by atoms with van der Waals surface area (Å²) in [5, 5.41) is 50.5. The molecule has 0 spiro atoms. The third kappa shape index (κ3) is 26.9. The Bertz CT molecular complexity index is 1550. The number of hydrogen-bond acceptors (Lipinski definition) is 10. The van der Waals surface area contributed by atoms with Crippen LogP contribution >= 0.6 is 7.82 Å². The van der Waals surface area contributed by atoms with Gasteiger partial charge in [0, 0.05) is 0 Å². The number of allylic oxidation sites excluding steroid dienone is 14. The van der Waals surface area contributed by atoms with E-state index in [2.05, 4.69) is 98.8 Å². The maximum atomic E-state index is 12.9. The van der Waals surface area contributed by atoms with Gasteiger partial charge < -0.3 is 39.9 Å². The smallest absolute Gasteiger partial charge is 0.387 e. The van der Waals surface area contributed by atoms with Gasteiger partial charge in [-0.25, -0.2) is 4.57 Å². The Balaban J connectivity index is 2.77. The van der Waals surface area contributed by atoms with Gasteiger partial charge in [-0.05, 0) is 146 Å². The van der Waals surface area contributed by atoms with Crippen molar-refractivity contribution in [1.82, 2.24) is 0 Å². The van der Waals surface area contributed by atoms with Gasteiger partial charge in [0.15, 0.2) is 0 Å². The third-order valence-electron chi connectivity index (χ3n) is 10.7. The van der Waals surface area contributed by atoms with Crippen LogP contribution in [0.5, 0.6) is 0 Å². The summed E-state index contributed by atoms with van der Waals surface area (Å²) in [5.74, 6) is 0. The first-order valence-corrected chi connectivity index (χ1v) is 23.7. The molecule has 3 unspecified atom stereocenters. The van der Waals surface area contributed by atoms with Crippen LogP contribution in [0, 0.1) is 0 Å². The molecule has 0 bridgehead atoms. The second-order valence-electron chi connectivity index (χ2n) is 17.4. The first-order chi connectivity index (χ1) is 28.7. The van der Waals surface area contributed by atoms with E-state index in [1.165, 1.54) is 39.0 Å². The third-order valence-corrected chi connectivity index (χ3v) is 11.7. The van der Waals surface area contributed by atoms with Crippen LogP contribution in [0.3, 0.4) is 0 Å². The minimum atomic E-state index is -4.97. The molecule has 1 saturated carbocycles. The van der Waals surface area contributed by atoms with E-state index in [1.54, 1.807) is 0 Å². The van der Waals surface area contributed by atoms with Gasteiger partial charge in [-0.1, -0.05) is 93.2 Å². The molecule has 0 aromatic heterocycles. The van der Waals surface area contributed by atoms with Crippen LogP contribution in [-0.2, 0) is 23.1 Å². The summed E-state index contributed by atoms with van der Waals surface area (Å²) in [6.07, 6.45) is 17.4. The summed E-state index contributed by atoms with van der Waals surface area (Å²) in [4.78, 5) is 10.5. The second-order valence-corrected chi connectivity index (χ2v) is 18.8. The molecule has 350 valence electrons. The highest BCUT2D eigenvalue weighted by molar-refractivity contribution is 7.47. The van der Waals surface area contributed by atoms with E-state index < -0.39 is 57.2 Å². The lowest BCUT2D eigenvalue weighted by Gasteiger charge is -2.41. The maximum Gasteiger partial charge on any atom is 0.472 e. The molecule has 0 amide bonds. The number of hydrogen-bond donors (Lipinski definition) is 6. The van der Waals surface area contributed by atoms with Crippen LogP contribution in [0.15, 0.2) is 93.2 Å². The highest BCUT2D eigenvalue weighted by Gasteiger charge is 2.51. The molecule has 8 atom stereocenters. The summed E-state index contributed by atoms with van der Waals surface area (Å²) in [5.41, 5.74) is 10.6. The molecule has 1 rings (SSSR count). The lowest BCUT2D eigenvalue weighted by Crippen LogP contribution is -2.64. The minimum absolute atomic E-state index is 0.0278. The molecule has 0 saturated heterocycles. The van der Waals surface area contributed by atoms with Crippen LogP contribution in [0.1, 0.15) is 146 Å². The molecule has 0 aromatic carbocycles. The molecule has 11 nitrogen and oxygen atoms in total. The van der Waals surface area contributed by atoms with E-state index in [0.29, 0.717) is 6.61 Å². The molecular weight excluding hydrogens is 796 g/mol. The molecule has 0 radical (unpaired) electrons. The van der Waals surface area contributed by atoms with Gasteiger partial charge in [0.2, 0.25) is 0 Å². The Morgan fingerprint density at radius 1 is 0.475 bits per heavy atom. The summed E-state index contributed by atoms with van der Waals surface area (Å²) in [6.45, 7) is 21.4. The standard InChI is InChI=1S/C49H83O11P/c1-35(2)17-11-19-37(5)21-13-23-39(7)25-15-27-41(9)29-31-57-33-43(34-59-61(55,56)60-49-47(53)45(51)44(50)46(52)48(49)54)58-32-30-42(10)28-16-26-40(8)24-14-22-38(6)20-12-18-36(3)4/h17-18,21-22,25-26,29-30,43-54H,11-16,19-20,23-24,27-28,31-34H2,1-10H3,(H,55,56)/b37-21+,38-22+,39-25+,40-26+,41-29+,42-30+/t43-,44?,45-,46+,47+,48+,49?/m0/s1. The quantitative estimate of drug-likeness (QED) is 0.0230. The first kappa shape index (κ1) is 56.8. The summed E-state index contributed by atoms with van der Waals surface area (Å²) in [7, 11) is -4.97. The van der Waals surface area contributed by atoms with Crippen molar-refractivity contribution in [2.45, 2.75) is 189 Å². The van der Waals surface area contributed by atoms with Crippen LogP contribution < -0.4 is 0 Å². The normalized spacial score (nSPS) is 23.8. The van der Waals surface area contributed by atoms with E-state index in [4.69, 9.17) is 18.5 Å². The van der Waals surface area contributed by atoms with Crippen molar-refractivity contribution in [3.05, 3.63) is 93.2 Å². The Morgan fingerprint density at radius 3 is 1.18 bits per heavy atom. The van der Waals surface area contributed by atoms with Gasteiger partial charge in [0.1, 0.15) is 42.7 Å². The first-order valence-electron chi connectivity index (χ1n) is 22.2. The number of rotatable bonds is 30. The highest BCUT2D eigenvalue weighted by atomic mass is 31.2. The molecule has 0 aliphatic heterocycles. The van der Waals surface area contributed by atoms with E-state index in [0.717, 1.165) is 82.6 Å². The fraction of sp³-hybridized carbons (Fsp3) is 0.673. The number of phosphoric acid groups is 1. The van der Waals surface area contributed by atoms with Gasteiger partial charge in [0.25, 0.3) is 0 Å². The van der Waals surface area contributed by atoms with Gasteiger partial charge in [0.05, 0.1) is 26.4 Å². The zero-order valence-electron chi connectivity index (χ0n) is 39.1. The minimum Gasteiger partial charge on any atom is -0.387 e. The van der Waals surface area contributed by atoms with Crippen molar-refractivity contribution in [2.24, 2.45) is 0 Å². The fourth-order valence-corrected chi connectivity index (χ4v) is 7.50. The zero-order valence-corrected chi connectivity index (χ0v) is 40.0. The average molecular weight is 879 g/mol. The van der Waals surface area contributed by atoms with Gasteiger partial charge in [-0.2, -0.15) is 0 Å². The molecular formula is C49H83O11P. The van der Waals surface area contributed by atoms with Crippen LogP contribution in [0.4, 0.5) is 0 Å². The predicted octanol–water partition coefficient (Wildman–Crippen LogP) is 10.00.